The number of pyridine rings is 1. The van der Waals surface area contributed by atoms with Gasteiger partial charge in [0.15, 0.2) is 0 Å². The Kier molecular flexibility index (Phi) is 5.43. The van der Waals surface area contributed by atoms with Crippen molar-refractivity contribution in [1.29, 1.82) is 0 Å². The number of rotatable bonds is 6. The third-order valence-corrected chi connectivity index (χ3v) is 2.94. The first-order chi connectivity index (χ1) is 7.63. The van der Waals surface area contributed by atoms with Crippen LogP contribution >= 0.6 is 0 Å². The van der Waals surface area contributed by atoms with Crippen LogP contribution in [0.15, 0.2) is 18.2 Å². The van der Waals surface area contributed by atoms with E-state index in [2.05, 4.69) is 36.0 Å². The Balaban J connectivity index is 2.47. The lowest BCUT2D eigenvalue weighted by Crippen LogP contribution is -2.29. The summed E-state index contributed by atoms with van der Waals surface area (Å²) in [5.74, 6) is 0. The lowest BCUT2D eigenvalue weighted by molar-refractivity contribution is 0.233. The van der Waals surface area contributed by atoms with Crippen molar-refractivity contribution in [2.75, 3.05) is 13.6 Å². The fourth-order valence-electron chi connectivity index (χ4n) is 1.73. The Morgan fingerprint density at radius 3 is 2.81 bits per heavy atom. The number of aromatic nitrogens is 1. The number of hydrogen-bond acceptors (Lipinski definition) is 3. The number of aryl methyl sites for hydroxylation is 1. The summed E-state index contributed by atoms with van der Waals surface area (Å²) in [7, 11) is 2.14. The van der Waals surface area contributed by atoms with Crippen molar-refractivity contribution in [2.24, 2.45) is 5.73 Å². The minimum Gasteiger partial charge on any atom is -0.330 e. The highest BCUT2D eigenvalue weighted by molar-refractivity contribution is 5.09. The summed E-state index contributed by atoms with van der Waals surface area (Å²) >= 11 is 0. The highest BCUT2D eigenvalue weighted by Gasteiger charge is 2.09. The number of nitrogens with two attached hydrogens (primary N) is 1. The van der Waals surface area contributed by atoms with Crippen LogP contribution in [0.2, 0.25) is 0 Å². The molecule has 1 aromatic heterocycles. The quantitative estimate of drug-likeness (QED) is 0.798. The molecule has 0 saturated carbocycles. The van der Waals surface area contributed by atoms with E-state index in [1.807, 2.05) is 13.0 Å². The standard InChI is InChI=1S/C13H23N3/c1-11-6-4-8-13(15-11)10-16(3)12(2)7-5-9-14/h4,6,8,12H,5,7,9-10,14H2,1-3H3. The van der Waals surface area contributed by atoms with Gasteiger partial charge in [0.25, 0.3) is 0 Å². The molecule has 0 aromatic carbocycles. The van der Waals surface area contributed by atoms with Crippen molar-refractivity contribution in [3.63, 3.8) is 0 Å². The molecular weight excluding hydrogens is 198 g/mol. The van der Waals surface area contributed by atoms with Crippen LogP contribution in [-0.4, -0.2) is 29.5 Å². The minimum atomic E-state index is 0.561. The van der Waals surface area contributed by atoms with Gasteiger partial charge in [-0.2, -0.15) is 0 Å². The predicted octanol–water partition coefficient (Wildman–Crippen LogP) is 1.95. The van der Waals surface area contributed by atoms with Crippen LogP contribution in [0.25, 0.3) is 0 Å². The average Bonchev–Trinajstić information content (AvgIpc) is 2.25. The molecule has 0 bridgehead atoms. The van der Waals surface area contributed by atoms with Crippen LogP contribution in [0.5, 0.6) is 0 Å². The summed E-state index contributed by atoms with van der Waals surface area (Å²) in [6.45, 7) is 5.96. The summed E-state index contributed by atoms with van der Waals surface area (Å²) < 4.78 is 0. The van der Waals surface area contributed by atoms with Gasteiger partial charge in [0.2, 0.25) is 0 Å². The van der Waals surface area contributed by atoms with Crippen LogP contribution in [0.4, 0.5) is 0 Å². The molecule has 1 heterocycles. The first-order valence-corrected chi connectivity index (χ1v) is 5.96. The van der Waals surface area contributed by atoms with Crippen molar-refractivity contribution in [2.45, 2.75) is 39.3 Å². The smallest absolute Gasteiger partial charge is 0.0547 e. The van der Waals surface area contributed by atoms with Gasteiger partial charge >= 0.3 is 0 Å². The minimum absolute atomic E-state index is 0.561. The second kappa shape index (κ2) is 6.61. The molecule has 1 unspecified atom stereocenters. The molecule has 0 fully saturated rings. The topological polar surface area (TPSA) is 42.1 Å². The highest BCUT2D eigenvalue weighted by atomic mass is 15.1. The van der Waals surface area contributed by atoms with E-state index in [0.717, 1.165) is 37.3 Å². The van der Waals surface area contributed by atoms with Crippen molar-refractivity contribution < 1.29 is 0 Å². The van der Waals surface area contributed by atoms with Crippen molar-refractivity contribution in [3.8, 4) is 0 Å². The lowest BCUT2D eigenvalue weighted by Gasteiger charge is -2.24. The van der Waals surface area contributed by atoms with E-state index < -0.39 is 0 Å². The molecule has 3 heteroatoms. The summed E-state index contributed by atoms with van der Waals surface area (Å²) in [6, 6.07) is 6.74. The molecule has 16 heavy (non-hydrogen) atoms. The average molecular weight is 221 g/mol. The Labute approximate surface area is 98.7 Å². The lowest BCUT2D eigenvalue weighted by atomic mass is 10.1. The van der Waals surface area contributed by atoms with E-state index in [9.17, 15) is 0 Å². The van der Waals surface area contributed by atoms with E-state index in [1.165, 1.54) is 0 Å². The molecule has 1 aromatic rings. The van der Waals surface area contributed by atoms with Crippen LogP contribution in [0, 0.1) is 6.92 Å². The summed E-state index contributed by atoms with van der Waals surface area (Å²) in [5.41, 5.74) is 7.74. The van der Waals surface area contributed by atoms with Crippen molar-refractivity contribution >= 4 is 0 Å². The fourth-order valence-corrected chi connectivity index (χ4v) is 1.73. The highest BCUT2D eigenvalue weighted by Crippen LogP contribution is 2.08. The van der Waals surface area contributed by atoms with E-state index in [0.29, 0.717) is 6.04 Å². The van der Waals surface area contributed by atoms with Crippen LogP contribution < -0.4 is 5.73 Å². The zero-order valence-corrected chi connectivity index (χ0v) is 10.6. The molecule has 3 nitrogen and oxygen atoms in total. The van der Waals surface area contributed by atoms with Gasteiger partial charge in [0, 0.05) is 18.3 Å². The molecule has 0 aliphatic carbocycles. The van der Waals surface area contributed by atoms with Gasteiger partial charge in [0.05, 0.1) is 5.69 Å². The maximum atomic E-state index is 5.52. The molecule has 1 atom stereocenters. The summed E-state index contributed by atoms with van der Waals surface area (Å²) in [6.07, 6.45) is 2.24. The molecule has 0 aliphatic rings. The SMILES string of the molecule is Cc1cccc(CN(C)C(C)CCCN)n1. The molecule has 0 saturated heterocycles. The van der Waals surface area contributed by atoms with E-state index in [4.69, 9.17) is 5.73 Å². The third-order valence-electron chi connectivity index (χ3n) is 2.94. The maximum Gasteiger partial charge on any atom is 0.0547 e. The van der Waals surface area contributed by atoms with Crippen molar-refractivity contribution in [1.82, 2.24) is 9.88 Å². The zero-order valence-electron chi connectivity index (χ0n) is 10.6. The van der Waals surface area contributed by atoms with Gasteiger partial charge in [-0.1, -0.05) is 6.07 Å². The summed E-state index contributed by atoms with van der Waals surface area (Å²) in [4.78, 5) is 6.84. The van der Waals surface area contributed by atoms with Crippen LogP contribution in [0.1, 0.15) is 31.2 Å². The fraction of sp³-hybridized carbons (Fsp3) is 0.615. The van der Waals surface area contributed by atoms with E-state index in [1.54, 1.807) is 0 Å². The first kappa shape index (κ1) is 13.1. The van der Waals surface area contributed by atoms with Crippen LogP contribution in [0.3, 0.4) is 0 Å². The Bertz CT molecular complexity index is 312. The van der Waals surface area contributed by atoms with Gasteiger partial charge in [-0.3, -0.25) is 9.88 Å². The normalized spacial score (nSPS) is 13.1. The maximum absolute atomic E-state index is 5.52. The van der Waals surface area contributed by atoms with Crippen molar-refractivity contribution in [3.05, 3.63) is 29.6 Å². The van der Waals surface area contributed by atoms with E-state index in [-0.39, 0.29) is 0 Å². The molecule has 1 rings (SSSR count). The predicted molar refractivity (Wildman–Crippen MR) is 68.2 cm³/mol. The largest absolute Gasteiger partial charge is 0.330 e. The number of nitrogens with zero attached hydrogens (tertiary/aromatic N) is 2. The van der Waals surface area contributed by atoms with Gasteiger partial charge in [-0.15, -0.1) is 0 Å². The van der Waals surface area contributed by atoms with Crippen LogP contribution in [-0.2, 0) is 6.54 Å². The first-order valence-electron chi connectivity index (χ1n) is 5.96. The van der Waals surface area contributed by atoms with Gasteiger partial charge < -0.3 is 5.73 Å². The molecule has 2 N–H and O–H groups in total. The molecule has 0 aliphatic heterocycles. The number of hydrogen-bond donors (Lipinski definition) is 1. The Morgan fingerprint density at radius 1 is 1.44 bits per heavy atom. The van der Waals surface area contributed by atoms with Gasteiger partial charge in [-0.05, 0) is 52.4 Å². The second-order valence-electron chi connectivity index (χ2n) is 4.47. The second-order valence-corrected chi connectivity index (χ2v) is 4.47. The zero-order chi connectivity index (χ0) is 12.0. The molecule has 90 valence electrons. The Morgan fingerprint density at radius 2 is 2.19 bits per heavy atom. The molecule has 0 radical (unpaired) electrons. The summed E-state index contributed by atoms with van der Waals surface area (Å²) in [5, 5.41) is 0. The monoisotopic (exact) mass is 221 g/mol. The van der Waals surface area contributed by atoms with Gasteiger partial charge in [-0.25, -0.2) is 0 Å². The molecule has 0 amide bonds. The van der Waals surface area contributed by atoms with E-state index >= 15 is 0 Å². The molecule has 0 spiro atoms. The molecular formula is C13H23N3. The van der Waals surface area contributed by atoms with Gasteiger partial charge in [0.1, 0.15) is 0 Å². The Hall–Kier alpha value is -0.930. The third kappa shape index (κ3) is 4.29.